The predicted octanol–water partition coefficient (Wildman–Crippen LogP) is 2.16. The van der Waals surface area contributed by atoms with Crippen LogP contribution >= 0.6 is 0 Å². The van der Waals surface area contributed by atoms with Crippen molar-refractivity contribution >= 4 is 17.5 Å². The number of hydrogen-bond acceptors (Lipinski definition) is 5. The van der Waals surface area contributed by atoms with Gasteiger partial charge in [0.25, 0.3) is 0 Å². The van der Waals surface area contributed by atoms with Crippen molar-refractivity contribution in [3.8, 4) is 0 Å². The standard InChI is InChI=1S/C13H19NO4/c1-13(2)6-8(14)12(10(16)7-13)9(15)4-5-11(17)18-3/h14-15H,4-7H2,1-3H3/b12-9+,14-8?. The van der Waals surface area contributed by atoms with E-state index in [9.17, 15) is 14.7 Å². The van der Waals surface area contributed by atoms with Gasteiger partial charge in [0, 0.05) is 18.6 Å². The molecule has 0 aromatic carbocycles. The van der Waals surface area contributed by atoms with E-state index in [-0.39, 0.29) is 41.1 Å². The van der Waals surface area contributed by atoms with E-state index in [0.717, 1.165) is 0 Å². The third kappa shape index (κ3) is 3.42. The number of allylic oxidation sites excluding steroid dienone is 2. The van der Waals surface area contributed by atoms with Crippen molar-refractivity contribution in [2.75, 3.05) is 7.11 Å². The number of rotatable bonds is 3. The van der Waals surface area contributed by atoms with Crippen LogP contribution in [0.15, 0.2) is 11.3 Å². The summed E-state index contributed by atoms with van der Waals surface area (Å²) in [6.07, 6.45) is 0.815. The molecule has 1 aliphatic rings. The number of aliphatic hydroxyl groups is 1. The second kappa shape index (κ2) is 5.33. The molecule has 0 atom stereocenters. The van der Waals surface area contributed by atoms with Crippen LogP contribution < -0.4 is 0 Å². The van der Waals surface area contributed by atoms with Crippen molar-refractivity contribution in [1.29, 1.82) is 5.41 Å². The summed E-state index contributed by atoms with van der Waals surface area (Å²) in [7, 11) is 1.27. The van der Waals surface area contributed by atoms with Gasteiger partial charge in [-0.15, -0.1) is 0 Å². The SMILES string of the molecule is COC(=O)CC/C(O)=C1/C(=N)CC(C)(C)CC1=O. The van der Waals surface area contributed by atoms with Crippen molar-refractivity contribution in [3.05, 3.63) is 11.3 Å². The molecule has 0 bridgehead atoms. The summed E-state index contributed by atoms with van der Waals surface area (Å²) >= 11 is 0. The fraction of sp³-hybridized carbons (Fsp3) is 0.615. The minimum absolute atomic E-state index is 0.00971. The zero-order valence-electron chi connectivity index (χ0n) is 11.0. The number of esters is 1. The molecule has 0 radical (unpaired) electrons. The van der Waals surface area contributed by atoms with Gasteiger partial charge in [-0.25, -0.2) is 0 Å². The molecule has 5 nitrogen and oxygen atoms in total. The second-order valence-electron chi connectivity index (χ2n) is 5.32. The van der Waals surface area contributed by atoms with E-state index >= 15 is 0 Å². The third-order valence-corrected chi connectivity index (χ3v) is 2.96. The molecule has 1 rings (SSSR count). The molecular formula is C13H19NO4. The molecule has 5 heteroatoms. The van der Waals surface area contributed by atoms with Gasteiger partial charge in [-0.2, -0.15) is 0 Å². The number of ether oxygens (including phenoxy) is 1. The Morgan fingerprint density at radius 3 is 2.50 bits per heavy atom. The fourth-order valence-electron chi connectivity index (χ4n) is 2.10. The van der Waals surface area contributed by atoms with Gasteiger partial charge >= 0.3 is 5.97 Å². The van der Waals surface area contributed by atoms with Crippen LogP contribution in [-0.4, -0.2) is 29.7 Å². The highest BCUT2D eigenvalue weighted by atomic mass is 16.5. The maximum absolute atomic E-state index is 11.9. The average Bonchev–Trinajstić information content (AvgIpc) is 2.22. The first-order chi connectivity index (χ1) is 8.26. The Labute approximate surface area is 106 Å². The average molecular weight is 253 g/mol. The highest BCUT2D eigenvalue weighted by Crippen LogP contribution is 2.35. The van der Waals surface area contributed by atoms with Crippen LogP contribution in [0, 0.1) is 10.8 Å². The quantitative estimate of drug-likeness (QED) is 0.458. The molecule has 1 saturated carbocycles. The number of hydrogen-bond donors (Lipinski definition) is 2. The van der Waals surface area contributed by atoms with E-state index in [0.29, 0.717) is 12.8 Å². The normalized spacial score (nSPS) is 21.7. The fourth-order valence-corrected chi connectivity index (χ4v) is 2.10. The van der Waals surface area contributed by atoms with E-state index in [1.807, 2.05) is 13.8 Å². The van der Waals surface area contributed by atoms with Crippen LogP contribution in [0.2, 0.25) is 0 Å². The Kier molecular flexibility index (Phi) is 4.27. The Bertz CT molecular complexity index is 399. The van der Waals surface area contributed by atoms with Gasteiger partial charge in [0.2, 0.25) is 0 Å². The van der Waals surface area contributed by atoms with Gasteiger partial charge in [0.1, 0.15) is 5.76 Å². The zero-order chi connectivity index (χ0) is 13.9. The molecule has 0 amide bonds. The summed E-state index contributed by atoms with van der Waals surface area (Å²) in [5.74, 6) is -0.846. The molecule has 1 fully saturated rings. The van der Waals surface area contributed by atoms with Crippen LogP contribution in [-0.2, 0) is 14.3 Å². The highest BCUT2D eigenvalue weighted by Gasteiger charge is 2.35. The van der Waals surface area contributed by atoms with Crippen molar-refractivity contribution in [2.45, 2.75) is 39.5 Å². The Morgan fingerprint density at radius 1 is 1.39 bits per heavy atom. The van der Waals surface area contributed by atoms with Crippen LogP contribution in [0.25, 0.3) is 0 Å². The monoisotopic (exact) mass is 253 g/mol. The van der Waals surface area contributed by atoms with Crippen LogP contribution in [0.1, 0.15) is 39.5 Å². The maximum atomic E-state index is 11.9. The summed E-state index contributed by atoms with van der Waals surface area (Å²) < 4.78 is 4.46. The highest BCUT2D eigenvalue weighted by molar-refractivity contribution is 6.23. The lowest BCUT2D eigenvalue weighted by Gasteiger charge is -2.30. The molecule has 0 spiro atoms. The van der Waals surface area contributed by atoms with Crippen molar-refractivity contribution in [3.63, 3.8) is 0 Å². The van der Waals surface area contributed by atoms with Gasteiger partial charge in [0.15, 0.2) is 5.78 Å². The van der Waals surface area contributed by atoms with Crippen molar-refractivity contribution in [1.82, 2.24) is 0 Å². The number of carbonyl (C=O) groups excluding carboxylic acids is 2. The van der Waals surface area contributed by atoms with E-state index in [1.165, 1.54) is 7.11 Å². The molecule has 1 aliphatic carbocycles. The molecule has 0 aromatic rings. The second-order valence-corrected chi connectivity index (χ2v) is 5.32. The largest absolute Gasteiger partial charge is 0.511 e. The molecule has 2 N–H and O–H groups in total. The van der Waals surface area contributed by atoms with Gasteiger partial charge in [-0.3, -0.25) is 9.59 Å². The number of ketones is 1. The topological polar surface area (TPSA) is 87.4 Å². The molecule has 0 heterocycles. The van der Waals surface area contributed by atoms with Gasteiger partial charge in [0.05, 0.1) is 19.1 Å². The van der Waals surface area contributed by atoms with Crippen LogP contribution in [0.3, 0.4) is 0 Å². The van der Waals surface area contributed by atoms with E-state index < -0.39 is 5.97 Å². The summed E-state index contributed by atoms with van der Waals surface area (Å²) in [6, 6.07) is 0. The van der Waals surface area contributed by atoms with Crippen LogP contribution in [0.5, 0.6) is 0 Å². The first-order valence-electron chi connectivity index (χ1n) is 5.87. The minimum atomic E-state index is -0.447. The molecule has 0 aliphatic heterocycles. The van der Waals surface area contributed by atoms with Gasteiger partial charge < -0.3 is 15.3 Å². The molecule has 0 saturated heterocycles. The summed E-state index contributed by atoms with van der Waals surface area (Å²) in [4.78, 5) is 22.9. The molecule has 100 valence electrons. The Morgan fingerprint density at radius 2 is 2.00 bits per heavy atom. The zero-order valence-corrected chi connectivity index (χ0v) is 11.0. The third-order valence-electron chi connectivity index (χ3n) is 2.96. The lowest BCUT2D eigenvalue weighted by atomic mass is 9.73. The minimum Gasteiger partial charge on any atom is -0.511 e. The Hall–Kier alpha value is -1.65. The van der Waals surface area contributed by atoms with Crippen molar-refractivity contribution < 1.29 is 19.4 Å². The number of nitrogens with one attached hydrogen (secondary N) is 1. The first kappa shape index (κ1) is 14.4. The molecular weight excluding hydrogens is 234 g/mol. The number of methoxy groups -OCH3 is 1. The van der Waals surface area contributed by atoms with E-state index in [4.69, 9.17) is 5.41 Å². The first-order valence-corrected chi connectivity index (χ1v) is 5.87. The lowest BCUT2D eigenvalue weighted by molar-refractivity contribution is -0.140. The number of aliphatic hydroxyl groups excluding tert-OH is 1. The number of carbonyl (C=O) groups is 2. The molecule has 18 heavy (non-hydrogen) atoms. The van der Waals surface area contributed by atoms with Crippen LogP contribution in [0.4, 0.5) is 0 Å². The molecule has 0 unspecified atom stereocenters. The smallest absolute Gasteiger partial charge is 0.305 e. The molecule has 0 aromatic heterocycles. The maximum Gasteiger partial charge on any atom is 0.305 e. The van der Waals surface area contributed by atoms with Gasteiger partial charge in [-0.1, -0.05) is 13.8 Å². The number of Topliss-reactive ketones (excluding diaryl/α,β-unsaturated/α-hetero) is 1. The summed E-state index contributed by atoms with van der Waals surface area (Å²) in [5.41, 5.74) is -0.00263. The predicted molar refractivity (Wildman–Crippen MR) is 66.7 cm³/mol. The summed E-state index contributed by atoms with van der Waals surface area (Å²) in [5, 5.41) is 17.7. The van der Waals surface area contributed by atoms with E-state index in [1.54, 1.807) is 0 Å². The van der Waals surface area contributed by atoms with Crippen molar-refractivity contribution in [2.24, 2.45) is 5.41 Å². The Balaban J connectivity index is 2.83. The van der Waals surface area contributed by atoms with Gasteiger partial charge in [-0.05, 0) is 11.8 Å². The lowest BCUT2D eigenvalue weighted by Crippen LogP contribution is -2.32. The van der Waals surface area contributed by atoms with E-state index in [2.05, 4.69) is 4.74 Å². The summed E-state index contributed by atoms with van der Waals surface area (Å²) in [6.45, 7) is 3.84.